The number of nitrogens with zero attached hydrogens (tertiary/aromatic N) is 1. The first-order valence-corrected chi connectivity index (χ1v) is 6.99. The molecule has 2 rings (SSSR count). The van der Waals surface area contributed by atoms with Crippen LogP contribution in [0, 0.1) is 29.9 Å². The fourth-order valence-electron chi connectivity index (χ4n) is 2.69. The van der Waals surface area contributed by atoms with Crippen molar-refractivity contribution in [3.8, 4) is 0 Å². The highest BCUT2D eigenvalue weighted by atomic mass is 16.6. The lowest BCUT2D eigenvalue weighted by Gasteiger charge is -2.27. The van der Waals surface area contributed by atoms with Crippen molar-refractivity contribution in [2.24, 2.45) is 5.92 Å². The van der Waals surface area contributed by atoms with Crippen molar-refractivity contribution in [3.63, 3.8) is 0 Å². The van der Waals surface area contributed by atoms with Crippen LogP contribution in [0.15, 0.2) is 12.1 Å². The maximum absolute atomic E-state index is 11.1. The zero-order chi connectivity index (χ0) is 14.0. The second-order valence-corrected chi connectivity index (χ2v) is 5.81. The molecule has 0 heterocycles. The summed E-state index contributed by atoms with van der Waals surface area (Å²) in [5, 5.41) is 14.5. The van der Waals surface area contributed by atoms with E-state index < -0.39 is 0 Å². The Morgan fingerprint density at radius 3 is 2.32 bits per heavy atom. The molecule has 1 saturated carbocycles. The molecule has 0 aromatic heterocycles. The van der Waals surface area contributed by atoms with Gasteiger partial charge in [-0.05, 0) is 62.6 Å². The van der Waals surface area contributed by atoms with E-state index in [0.717, 1.165) is 29.9 Å². The minimum Gasteiger partial charge on any atom is -0.377 e. The Morgan fingerprint density at radius 2 is 1.74 bits per heavy atom. The van der Waals surface area contributed by atoms with Gasteiger partial charge in [0.25, 0.3) is 5.69 Å². The van der Waals surface area contributed by atoms with Crippen LogP contribution in [-0.4, -0.2) is 11.0 Å². The Bertz CT molecular complexity index is 477. The van der Waals surface area contributed by atoms with Crippen LogP contribution in [-0.2, 0) is 0 Å². The van der Waals surface area contributed by atoms with Crippen LogP contribution in [0.4, 0.5) is 11.4 Å². The molecule has 1 fully saturated rings. The first-order valence-electron chi connectivity index (χ1n) is 6.99. The van der Waals surface area contributed by atoms with E-state index in [9.17, 15) is 10.1 Å². The number of hydrogen-bond acceptors (Lipinski definition) is 3. The standard InChI is InChI=1S/C15H22N2O2/c1-10-4-6-13(7-5-10)16-14-8-11(2)12(3)9-15(14)17(18)19/h8-10,13,16H,4-7H2,1-3H3. The van der Waals surface area contributed by atoms with E-state index in [4.69, 9.17) is 0 Å². The van der Waals surface area contributed by atoms with E-state index in [1.165, 1.54) is 12.8 Å². The molecule has 0 radical (unpaired) electrons. The topological polar surface area (TPSA) is 55.2 Å². The lowest BCUT2D eigenvalue weighted by atomic mass is 9.87. The Hall–Kier alpha value is -1.58. The quantitative estimate of drug-likeness (QED) is 0.656. The van der Waals surface area contributed by atoms with Crippen molar-refractivity contribution in [3.05, 3.63) is 33.4 Å². The minimum atomic E-state index is -0.291. The van der Waals surface area contributed by atoms with Gasteiger partial charge in [-0.15, -0.1) is 0 Å². The Labute approximate surface area is 114 Å². The molecule has 0 unspecified atom stereocenters. The smallest absolute Gasteiger partial charge is 0.292 e. The molecule has 1 aromatic carbocycles. The third-order valence-corrected chi connectivity index (χ3v) is 4.18. The third kappa shape index (κ3) is 3.25. The molecule has 0 atom stereocenters. The molecule has 1 N–H and O–H groups in total. The summed E-state index contributed by atoms with van der Waals surface area (Å²) < 4.78 is 0. The van der Waals surface area contributed by atoms with Crippen molar-refractivity contribution in [2.75, 3.05) is 5.32 Å². The summed E-state index contributed by atoms with van der Waals surface area (Å²) in [7, 11) is 0. The minimum absolute atomic E-state index is 0.196. The molecule has 4 heteroatoms. The average molecular weight is 262 g/mol. The maximum atomic E-state index is 11.1. The molecule has 0 amide bonds. The second-order valence-electron chi connectivity index (χ2n) is 5.81. The maximum Gasteiger partial charge on any atom is 0.292 e. The highest BCUT2D eigenvalue weighted by Gasteiger charge is 2.22. The van der Waals surface area contributed by atoms with Crippen LogP contribution in [0.5, 0.6) is 0 Å². The molecule has 0 spiro atoms. The lowest BCUT2D eigenvalue weighted by Crippen LogP contribution is -2.25. The first kappa shape index (κ1) is 13.8. The van der Waals surface area contributed by atoms with E-state index in [1.807, 2.05) is 19.9 Å². The lowest BCUT2D eigenvalue weighted by molar-refractivity contribution is -0.384. The van der Waals surface area contributed by atoms with Crippen LogP contribution in [0.1, 0.15) is 43.7 Å². The van der Waals surface area contributed by atoms with E-state index in [-0.39, 0.29) is 10.6 Å². The predicted molar refractivity (Wildman–Crippen MR) is 77.6 cm³/mol. The Kier molecular flexibility index (Phi) is 4.08. The van der Waals surface area contributed by atoms with Crippen LogP contribution in [0.25, 0.3) is 0 Å². The van der Waals surface area contributed by atoms with Crippen molar-refractivity contribution in [1.29, 1.82) is 0 Å². The molecular formula is C15H22N2O2. The van der Waals surface area contributed by atoms with Gasteiger partial charge in [-0.3, -0.25) is 10.1 Å². The van der Waals surface area contributed by atoms with Gasteiger partial charge < -0.3 is 5.32 Å². The first-order chi connectivity index (χ1) is 8.97. The Morgan fingerprint density at radius 1 is 1.16 bits per heavy atom. The largest absolute Gasteiger partial charge is 0.377 e. The van der Waals surface area contributed by atoms with Gasteiger partial charge >= 0.3 is 0 Å². The van der Waals surface area contributed by atoms with E-state index in [2.05, 4.69) is 12.2 Å². The number of hydrogen-bond donors (Lipinski definition) is 1. The van der Waals surface area contributed by atoms with Gasteiger partial charge in [0.2, 0.25) is 0 Å². The number of benzene rings is 1. The van der Waals surface area contributed by atoms with Crippen LogP contribution in [0.2, 0.25) is 0 Å². The Balaban J connectivity index is 2.19. The van der Waals surface area contributed by atoms with Crippen LogP contribution >= 0.6 is 0 Å². The van der Waals surface area contributed by atoms with Crippen molar-refractivity contribution < 1.29 is 4.92 Å². The predicted octanol–water partition coefficient (Wildman–Crippen LogP) is 4.20. The van der Waals surface area contributed by atoms with Crippen LogP contribution in [0.3, 0.4) is 0 Å². The molecule has 1 aromatic rings. The molecule has 1 aliphatic carbocycles. The zero-order valence-electron chi connectivity index (χ0n) is 11.9. The monoisotopic (exact) mass is 262 g/mol. The van der Waals surface area contributed by atoms with Crippen molar-refractivity contribution in [2.45, 2.75) is 52.5 Å². The number of anilines is 1. The number of nitrogens with one attached hydrogen (secondary N) is 1. The van der Waals surface area contributed by atoms with E-state index in [1.54, 1.807) is 6.07 Å². The second kappa shape index (κ2) is 5.59. The summed E-state index contributed by atoms with van der Waals surface area (Å²) in [4.78, 5) is 10.9. The molecule has 1 aliphatic rings. The average Bonchev–Trinajstić information content (AvgIpc) is 2.36. The van der Waals surface area contributed by atoms with Gasteiger partial charge in [0, 0.05) is 12.1 Å². The number of rotatable bonds is 3. The highest BCUT2D eigenvalue weighted by Crippen LogP contribution is 2.32. The fraction of sp³-hybridized carbons (Fsp3) is 0.600. The summed E-state index contributed by atoms with van der Waals surface area (Å²) in [5.41, 5.74) is 2.93. The fourth-order valence-corrected chi connectivity index (χ4v) is 2.69. The van der Waals surface area contributed by atoms with Crippen molar-refractivity contribution in [1.82, 2.24) is 0 Å². The molecule has 104 valence electrons. The summed E-state index contributed by atoms with van der Waals surface area (Å²) in [6, 6.07) is 3.95. The van der Waals surface area contributed by atoms with Gasteiger partial charge in [-0.1, -0.05) is 6.92 Å². The molecule has 0 bridgehead atoms. The SMILES string of the molecule is Cc1cc(NC2CCC(C)CC2)c([N+](=O)[O-])cc1C. The molecule has 4 nitrogen and oxygen atoms in total. The number of nitro benzene ring substituents is 1. The van der Waals surface area contributed by atoms with Gasteiger partial charge in [0.15, 0.2) is 0 Å². The third-order valence-electron chi connectivity index (χ3n) is 4.18. The zero-order valence-corrected chi connectivity index (χ0v) is 11.9. The summed E-state index contributed by atoms with van der Waals surface area (Å²) in [6.45, 7) is 6.18. The van der Waals surface area contributed by atoms with Crippen LogP contribution < -0.4 is 5.32 Å². The normalized spacial score (nSPS) is 23.1. The van der Waals surface area contributed by atoms with Gasteiger partial charge in [-0.2, -0.15) is 0 Å². The van der Waals surface area contributed by atoms with E-state index >= 15 is 0 Å². The molecule has 0 saturated heterocycles. The van der Waals surface area contributed by atoms with Gasteiger partial charge in [-0.25, -0.2) is 0 Å². The number of nitro groups is 1. The molecular weight excluding hydrogens is 240 g/mol. The van der Waals surface area contributed by atoms with Gasteiger partial charge in [0.05, 0.1) is 4.92 Å². The highest BCUT2D eigenvalue weighted by molar-refractivity contribution is 5.64. The molecule has 0 aliphatic heterocycles. The molecule has 19 heavy (non-hydrogen) atoms. The van der Waals surface area contributed by atoms with E-state index in [0.29, 0.717) is 11.7 Å². The summed E-state index contributed by atoms with van der Waals surface area (Å²) in [5.74, 6) is 0.785. The summed E-state index contributed by atoms with van der Waals surface area (Å²) in [6.07, 6.45) is 4.61. The van der Waals surface area contributed by atoms with Gasteiger partial charge in [0.1, 0.15) is 5.69 Å². The number of aryl methyl sites for hydroxylation is 2. The summed E-state index contributed by atoms with van der Waals surface area (Å²) >= 11 is 0. The van der Waals surface area contributed by atoms with Crippen molar-refractivity contribution >= 4 is 11.4 Å².